The second-order valence-corrected chi connectivity index (χ2v) is 4.97. The van der Waals surface area contributed by atoms with E-state index in [0.717, 1.165) is 19.0 Å². The fourth-order valence-electron chi connectivity index (χ4n) is 2.56. The number of hydrogen-bond acceptors (Lipinski definition) is 2. The first kappa shape index (κ1) is 15.7. The molecule has 0 saturated heterocycles. The Bertz CT molecular complexity index is 632. The molecule has 0 aliphatic carbocycles. The minimum atomic E-state index is -0.545. The van der Waals surface area contributed by atoms with E-state index < -0.39 is 11.6 Å². The van der Waals surface area contributed by atoms with Crippen molar-refractivity contribution in [3.8, 4) is 0 Å². The third-order valence-corrected chi connectivity index (χ3v) is 3.58. The zero-order valence-electron chi connectivity index (χ0n) is 11.5. The molecule has 0 bridgehead atoms. The van der Waals surface area contributed by atoms with Crippen LogP contribution in [0.4, 0.5) is 14.5 Å². The molecule has 0 fully saturated rings. The average molecular weight is 311 g/mol. The summed E-state index contributed by atoms with van der Waals surface area (Å²) in [6, 6.07) is 9.90. The fraction of sp³-hybridized carbons (Fsp3) is 0.250. The van der Waals surface area contributed by atoms with Crippen molar-refractivity contribution in [2.75, 3.05) is 11.9 Å². The smallest absolute Gasteiger partial charge is 0.130 e. The summed E-state index contributed by atoms with van der Waals surface area (Å²) < 4.78 is 26.3. The van der Waals surface area contributed by atoms with Gasteiger partial charge >= 0.3 is 0 Å². The molecular weight excluding hydrogens is 294 g/mol. The molecule has 0 atom stereocenters. The van der Waals surface area contributed by atoms with Gasteiger partial charge in [-0.25, -0.2) is 8.78 Å². The van der Waals surface area contributed by atoms with Gasteiger partial charge in [0.05, 0.1) is 0 Å². The Labute approximate surface area is 129 Å². The third-order valence-electron chi connectivity index (χ3n) is 3.58. The second-order valence-electron chi connectivity index (χ2n) is 4.97. The van der Waals surface area contributed by atoms with Gasteiger partial charge in [-0.3, -0.25) is 0 Å². The number of rotatable bonds is 4. The highest BCUT2D eigenvalue weighted by atomic mass is 35.5. The zero-order chi connectivity index (χ0) is 13.9. The molecule has 0 unspecified atom stereocenters. The van der Waals surface area contributed by atoms with Crippen LogP contribution in [-0.2, 0) is 19.5 Å². The minimum Gasteiger partial charge on any atom is -0.384 e. The Morgan fingerprint density at radius 3 is 2.67 bits per heavy atom. The van der Waals surface area contributed by atoms with Crippen LogP contribution in [0.2, 0.25) is 0 Å². The molecule has 112 valence electrons. The SMILES string of the molecule is Cl.Fc1ccc(CNCc2cccc3c2NCC3)c(F)c1. The summed E-state index contributed by atoms with van der Waals surface area (Å²) in [6.45, 7) is 2.02. The Hall–Kier alpha value is -1.65. The van der Waals surface area contributed by atoms with Crippen molar-refractivity contribution < 1.29 is 8.78 Å². The van der Waals surface area contributed by atoms with Crippen LogP contribution in [-0.4, -0.2) is 6.54 Å². The summed E-state index contributed by atoms with van der Waals surface area (Å²) in [4.78, 5) is 0. The molecule has 2 N–H and O–H groups in total. The highest BCUT2D eigenvalue weighted by molar-refractivity contribution is 5.85. The minimum absolute atomic E-state index is 0. The fourth-order valence-corrected chi connectivity index (χ4v) is 2.56. The van der Waals surface area contributed by atoms with Gasteiger partial charge in [0.15, 0.2) is 0 Å². The van der Waals surface area contributed by atoms with Gasteiger partial charge in [-0.15, -0.1) is 12.4 Å². The van der Waals surface area contributed by atoms with Crippen LogP contribution in [0.25, 0.3) is 0 Å². The van der Waals surface area contributed by atoms with Crippen molar-refractivity contribution in [2.45, 2.75) is 19.5 Å². The molecule has 2 nitrogen and oxygen atoms in total. The molecule has 0 spiro atoms. The average Bonchev–Trinajstić information content (AvgIpc) is 2.90. The predicted molar refractivity (Wildman–Crippen MR) is 82.8 cm³/mol. The lowest BCUT2D eigenvalue weighted by molar-refractivity contribution is 0.560. The van der Waals surface area contributed by atoms with E-state index in [4.69, 9.17) is 0 Å². The van der Waals surface area contributed by atoms with Crippen LogP contribution in [0.15, 0.2) is 36.4 Å². The molecule has 5 heteroatoms. The Balaban J connectivity index is 0.00000161. The number of nitrogens with one attached hydrogen (secondary N) is 2. The lowest BCUT2D eigenvalue weighted by Crippen LogP contribution is -2.14. The summed E-state index contributed by atoms with van der Waals surface area (Å²) in [5.74, 6) is -1.05. The van der Waals surface area contributed by atoms with E-state index in [1.807, 2.05) is 6.07 Å². The van der Waals surface area contributed by atoms with Gasteiger partial charge in [0, 0.05) is 37.0 Å². The van der Waals surface area contributed by atoms with Crippen molar-refractivity contribution >= 4 is 18.1 Å². The van der Waals surface area contributed by atoms with Crippen molar-refractivity contribution in [1.29, 1.82) is 0 Å². The van der Waals surface area contributed by atoms with E-state index in [-0.39, 0.29) is 12.4 Å². The van der Waals surface area contributed by atoms with Gasteiger partial charge in [0.25, 0.3) is 0 Å². The molecule has 0 amide bonds. The maximum Gasteiger partial charge on any atom is 0.130 e. The Morgan fingerprint density at radius 1 is 1.05 bits per heavy atom. The topological polar surface area (TPSA) is 24.1 Å². The molecule has 1 aliphatic heterocycles. The first-order valence-electron chi connectivity index (χ1n) is 6.73. The normalized spacial score (nSPS) is 12.5. The zero-order valence-corrected chi connectivity index (χ0v) is 12.3. The van der Waals surface area contributed by atoms with Gasteiger partial charge in [0.1, 0.15) is 11.6 Å². The van der Waals surface area contributed by atoms with Gasteiger partial charge < -0.3 is 10.6 Å². The van der Waals surface area contributed by atoms with Crippen molar-refractivity contribution in [3.63, 3.8) is 0 Å². The predicted octanol–water partition coefficient (Wildman–Crippen LogP) is 3.64. The van der Waals surface area contributed by atoms with E-state index in [1.165, 1.54) is 28.9 Å². The molecule has 1 aliphatic rings. The van der Waals surface area contributed by atoms with Crippen LogP contribution >= 0.6 is 12.4 Å². The highest BCUT2D eigenvalue weighted by Gasteiger charge is 2.13. The first-order valence-corrected chi connectivity index (χ1v) is 6.73. The summed E-state index contributed by atoms with van der Waals surface area (Å²) in [7, 11) is 0. The van der Waals surface area contributed by atoms with Gasteiger partial charge in [0.2, 0.25) is 0 Å². The molecule has 0 radical (unpaired) electrons. The Kier molecular flexibility index (Phi) is 5.15. The van der Waals surface area contributed by atoms with E-state index in [0.29, 0.717) is 18.7 Å². The van der Waals surface area contributed by atoms with Crippen LogP contribution < -0.4 is 10.6 Å². The van der Waals surface area contributed by atoms with E-state index in [1.54, 1.807) is 0 Å². The molecule has 2 aromatic rings. The standard InChI is InChI=1S/C16H16F2N2.ClH/c17-14-5-4-12(15(18)8-14)9-19-10-13-3-1-2-11-6-7-20-16(11)13;/h1-5,8,19-20H,6-7,9-10H2;1H. The number of fused-ring (bicyclic) bond motifs is 1. The van der Waals surface area contributed by atoms with Gasteiger partial charge in [-0.2, -0.15) is 0 Å². The molecule has 3 rings (SSSR count). The lowest BCUT2D eigenvalue weighted by Gasteiger charge is -2.10. The number of benzene rings is 2. The molecular formula is C16H17ClF2N2. The maximum absolute atomic E-state index is 13.5. The van der Waals surface area contributed by atoms with Crippen LogP contribution in [0.1, 0.15) is 16.7 Å². The van der Waals surface area contributed by atoms with Crippen molar-refractivity contribution in [2.24, 2.45) is 0 Å². The molecule has 0 aromatic heterocycles. The van der Waals surface area contributed by atoms with E-state index in [9.17, 15) is 8.78 Å². The second kappa shape index (κ2) is 6.87. The quantitative estimate of drug-likeness (QED) is 0.901. The van der Waals surface area contributed by atoms with Gasteiger partial charge in [-0.05, 0) is 23.6 Å². The van der Waals surface area contributed by atoms with Crippen LogP contribution in [0.5, 0.6) is 0 Å². The summed E-state index contributed by atoms with van der Waals surface area (Å²) in [5, 5.41) is 6.58. The number of halogens is 3. The van der Waals surface area contributed by atoms with Crippen molar-refractivity contribution in [1.82, 2.24) is 5.32 Å². The number of anilines is 1. The van der Waals surface area contributed by atoms with Crippen LogP contribution in [0, 0.1) is 11.6 Å². The van der Waals surface area contributed by atoms with Gasteiger partial charge in [-0.1, -0.05) is 24.3 Å². The van der Waals surface area contributed by atoms with E-state index >= 15 is 0 Å². The molecule has 0 saturated carbocycles. The van der Waals surface area contributed by atoms with Crippen molar-refractivity contribution in [3.05, 3.63) is 64.7 Å². The van der Waals surface area contributed by atoms with Crippen LogP contribution in [0.3, 0.4) is 0 Å². The molecule has 2 aromatic carbocycles. The molecule has 21 heavy (non-hydrogen) atoms. The number of hydrogen-bond donors (Lipinski definition) is 2. The van der Waals surface area contributed by atoms with E-state index in [2.05, 4.69) is 22.8 Å². The summed E-state index contributed by atoms with van der Waals surface area (Å²) in [5.41, 5.74) is 4.19. The third kappa shape index (κ3) is 3.52. The summed E-state index contributed by atoms with van der Waals surface area (Å²) >= 11 is 0. The Morgan fingerprint density at radius 2 is 1.86 bits per heavy atom. The number of para-hydroxylation sites is 1. The largest absolute Gasteiger partial charge is 0.384 e. The highest BCUT2D eigenvalue weighted by Crippen LogP contribution is 2.26. The monoisotopic (exact) mass is 310 g/mol. The summed E-state index contributed by atoms with van der Waals surface area (Å²) in [6.07, 6.45) is 1.05. The maximum atomic E-state index is 13.5. The first-order chi connectivity index (χ1) is 9.74. The molecule has 1 heterocycles. The lowest BCUT2D eigenvalue weighted by atomic mass is 10.1.